The van der Waals surface area contributed by atoms with Crippen LogP contribution in [0.1, 0.15) is 19.4 Å². The Bertz CT molecular complexity index is 1030. The number of hydrogen-bond acceptors (Lipinski definition) is 6. The number of para-hydroxylation sites is 1. The zero-order chi connectivity index (χ0) is 23.0. The van der Waals surface area contributed by atoms with Gasteiger partial charge in [0.05, 0.1) is 7.11 Å². The smallest absolute Gasteiger partial charge is 0.324 e. The minimum atomic E-state index is -4.31. The number of carbonyl (C=O) groups is 2. The van der Waals surface area contributed by atoms with Crippen LogP contribution in [0, 0.1) is 11.7 Å². The first-order chi connectivity index (χ1) is 14.7. The molecule has 2 aromatic carbocycles. The fourth-order valence-corrected chi connectivity index (χ4v) is 4.08. The lowest BCUT2D eigenvalue weighted by Gasteiger charge is -2.21. The molecular formula is C21H25FN2O6S. The van der Waals surface area contributed by atoms with Crippen LogP contribution in [-0.4, -0.2) is 40.1 Å². The number of carbonyl (C=O) groups excluding carboxylic acids is 2. The Hall–Kier alpha value is -2.98. The van der Waals surface area contributed by atoms with Crippen molar-refractivity contribution in [3.05, 3.63) is 59.9 Å². The number of rotatable bonds is 10. The molecule has 0 aliphatic heterocycles. The van der Waals surface area contributed by atoms with Crippen LogP contribution in [0.2, 0.25) is 0 Å². The molecule has 2 aromatic rings. The lowest BCUT2D eigenvalue weighted by Crippen LogP contribution is -2.46. The number of benzene rings is 2. The van der Waals surface area contributed by atoms with Crippen LogP contribution in [-0.2, 0) is 30.9 Å². The highest BCUT2D eigenvalue weighted by Crippen LogP contribution is 2.17. The predicted molar refractivity (Wildman–Crippen MR) is 111 cm³/mol. The van der Waals surface area contributed by atoms with Gasteiger partial charge in [0.25, 0.3) is 5.91 Å². The number of halogens is 1. The highest BCUT2D eigenvalue weighted by Gasteiger charge is 2.31. The maximum Gasteiger partial charge on any atom is 0.324 e. The van der Waals surface area contributed by atoms with E-state index in [-0.39, 0.29) is 6.54 Å². The van der Waals surface area contributed by atoms with Crippen LogP contribution < -0.4 is 14.8 Å². The van der Waals surface area contributed by atoms with Crippen LogP contribution >= 0.6 is 0 Å². The first-order valence-corrected chi connectivity index (χ1v) is 11.0. The Labute approximate surface area is 180 Å². The summed E-state index contributed by atoms with van der Waals surface area (Å²) in [4.78, 5) is 23.9. The molecule has 0 aliphatic carbocycles. The van der Waals surface area contributed by atoms with Gasteiger partial charge in [-0.2, -0.15) is 4.72 Å². The summed E-state index contributed by atoms with van der Waals surface area (Å²) in [5, 5.41) is 2.59. The van der Waals surface area contributed by atoms with E-state index in [9.17, 15) is 22.4 Å². The van der Waals surface area contributed by atoms with E-state index >= 15 is 0 Å². The number of nitrogens with one attached hydrogen (secondary N) is 2. The fraction of sp³-hybridized carbons (Fsp3) is 0.333. The zero-order valence-electron chi connectivity index (χ0n) is 17.4. The third-order valence-electron chi connectivity index (χ3n) is 4.34. The van der Waals surface area contributed by atoms with Crippen LogP contribution in [0.25, 0.3) is 0 Å². The van der Waals surface area contributed by atoms with Crippen molar-refractivity contribution in [2.45, 2.75) is 31.3 Å². The third-order valence-corrected chi connectivity index (χ3v) is 5.82. The molecule has 31 heavy (non-hydrogen) atoms. The second-order valence-corrected chi connectivity index (χ2v) is 8.65. The standard InChI is InChI=1S/C21H25FN2O6S/c1-14(2)20(24-31(27,28)18-11-7-5-9-16(18)22)21(26)30-13-19(25)23-12-15-8-4-6-10-17(15)29-3/h4-11,14,20,24H,12-13H2,1-3H3,(H,23,25)/t20-/m0/s1. The summed E-state index contributed by atoms with van der Waals surface area (Å²) >= 11 is 0. The van der Waals surface area contributed by atoms with E-state index in [2.05, 4.69) is 10.0 Å². The largest absolute Gasteiger partial charge is 0.496 e. The molecule has 2 rings (SSSR count). The molecule has 0 fully saturated rings. The molecule has 0 saturated carbocycles. The Morgan fingerprint density at radius 3 is 2.35 bits per heavy atom. The second-order valence-electron chi connectivity index (χ2n) is 6.97. The van der Waals surface area contributed by atoms with Crippen molar-refractivity contribution >= 4 is 21.9 Å². The molecule has 1 amide bonds. The average molecular weight is 453 g/mol. The van der Waals surface area contributed by atoms with Gasteiger partial charge in [0.2, 0.25) is 10.0 Å². The molecule has 0 bridgehead atoms. The molecule has 0 spiro atoms. The predicted octanol–water partition coefficient (Wildman–Crippen LogP) is 2.00. The van der Waals surface area contributed by atoms with Gasteiger partial charge in [0.15, 0.2) is 6.61 Å². The highest BCUT2D eigenvalue weighted by molar-refractivity contribution is 7.89. The molecule has 2 N–H and O–H groups in total. The lowest BCUT2D eigenvalue weighted by atomic mass is 10.1. The Balaban J connectivity index is 1.96. The normalized spacial score (nSPS) is 12.3. The van der Waals surface area contributed by atoms with E-state index < -0.39 is 51.2 Å². The van der Waals surface area contributed by atoms with Gasteiger partial charge in [-0.1, -0.05) is 44.2 Å². The van der Waals surface area contributed by atoms with Crippen molar-refractivity contribution < 1.29 is 31.9 Å². The van der Waals surface area contributed by atoms with Gasteiger partial charge in [0.1, 0.15) is 22.5 Å². The molecule has 1 atom stereocenters. The third kappa shape index (κ3) is 6.76. The van der Waals surface area contributed by atoms with E-state index in [1.165, 1.54) is 19.2 Å². The van der Waals surface area contributed by atoms with Gasteiger partial charge in [-0.05, 0) is 24.1 Å². The van der Waals surface area contributed by atoms with Crippen molar-refractivity contribution in [3.8, 4) is 5.75 Å². The van der Waals surface area contributed by atoms with Gasteiger partial charge >= 0.3 is 5.97 Å². The van der Waals surface area contributed by atoms with Crippen molar-refractivity contribution in [3.63, 3.8) is 0 Å². The summed E-state index contributed by atoms with van der Waals surface area (Å²) in [6.07, 6.45) is 0. The quantitative estimate of drug-likeness (QED) is 0.534. The Kier molecular flexibility index (Phi) is 8.52. The number of methoxy groups -OCH3 is 1. The molecule has 0 unspecified atom stereocenters. The monoisotopic (exact) mass is 452 g/mol. The second kappa shape index (κ2) is 10.9. The van der Waals surface area contributed by atoms with Gasteiger partial charge in [-0.15, -0.1) is 0 Å². The van der Waals surface area contributed by atoms with E-state index in [0.29, 0.717) is 5.75 Å². The summed E-state index contributed by atoms with van der Waals surface area (Å²) in [5.74, 6) is -2.37. The maximum absolute atomic E-state index is 13.9. The number of esters is 1. The van der Waals surface area contributed by atoms with Crippen molar-refractivity contribution in [2.75, 3.05) is 13.7 Å². The summed E-state index contributed by atoms with van der Waals surface area (Å²) in [6, 6.07) is 10.6. The first kappa shape index (κ1) is 24.3. The van der Waals surface area contributed by atoms with Gasteiger partial charge in [-0.3, -0.25) is 9.59 Å². The summed E-state index contributed by atoms with van der Waals surface area (Å²) in [6.45, 7) is 2.75. The molecule has 0 aliphatic rings. The molecule has 168 valence electrons. The minimum absolute atomic E-state index is 0.161. The van der Waals surface area contributed by atoms with Crippen LogP contribution in [0.15, 0.2) is 53.4 Å². The molecule has 8 nitrogen and oxygen atoms in total. The van der Waals surface area contributed by atoms with Crippen molar-refractivity contribution in [1.82, 2.24) is 10.0 Å². The summed E-state index contributed by atoms with van der Waals surface area (Å²) in [5.41, 5.74) is 0.738. The minimum Gasteiger partial charge on any atom is -0.496 e. The Morgan fingerprint density at radius 1 is 1.06 bits per heavy atom. The topological polar surface area (TPSA) is 111 Å². The van der Waals surface area contributed by atoms with E-state index in [1.54, 1.807) is 38.1 Å². The summed E-state index contributed by atoms with van der Waals surface area (Å²) < 4.78 is 51.2. The molecule has 10 heteroatoms. The molecular weight excluding hydrogens is 427 g/mol. The van der Waals surface area contributed by atoms with Gasteiger partial charge < -0.3 is 14.8 Å². The first-order valence-electron chi connectivity index (χ1n) is 9.47. The SMILES string of the molecule is COc1ccccc1CNC(=O)COC(=O)[C@@H](NS(=O)(=O)c1ccccc1F)C(C)C. The van der Waals surface area contributed by atoms with E-state index in [1.807, 2.05) is 0 Å². The van der Waals surface area contributed by atoms with Gasteiger partial charge in [0, 0.05) is 12.1 Å². The van der Waals surface area contributed by atoms with Crippen LogP contribution in [0.5, 0.6) is 5.75 Å². The number of hydrogen-bond donors (Lipinski definition) is 2. The fourth-order valence-electron chi connectivity index (χ4n) is 2.67. The molecule has 0 aromatic heterocycles. The number of sulfonamides is 1. The van der Waals surface area contributed by atoms with Gasteiger partial charge in [-0.25, -0.2) is 12.8 Å². The number of ether oxygens (including phenoxy) is 2. The maximum atomic E-state index is 13.9. The molecule has 0 radical (unpaired) electrons. The van der Waals surface area contributed by atoms with Crippen molar-refractivity contribution in [2.24, 2.45) is 5.92 Å². The highest BCUT2D eigenvalue weighted by atomic mass is 32.2. The van der Waals surface area contributed by atoms with Crippen LogP contribution in [0.4, 0.5) is 4.39 Å². The lowest BCUT2D eigenvalue weighted by molar-refractivity contribution is -0.151. The summed E-state index contributed by atoms with van der Waals surface area (Å²) in [7, 11) is -2.80. The van der Waals surface area contributed by atoms with Crippen molar-refractivity contribution in [1.29, 1.82) is 0 Å². The van der Waals surface area contributed by atoms with E-state index in [0.717, 1.165) is 17.7 Å². The number of amides is 1. The molecule has 0 heterocycles. The van der Waals surface area contributed by atoms with Crippen LogP contribution in [0.3, 0.4) is 0 Å². The van der Waals surface area contributed by atoms with E-state index in [4.69, 9.17) is 9.47 Å². The Morgan fingerprint density at radius 2 is 1.71 bits per heavy atom. The zero-order valence-corrected chi connectivity index (χ0v) is 18.2. The molecule has 0 saturated heterocycles. The average Bonchev–Trinajstić information content (AvgIpc) is 2.74.